The average molecular weight is 274 g/mol. The molecule has 0 aliphatic carbocycles. The van der Waals surface area contributed by atoms with Crippen molar-refractivity contribution < 1.29 is 0 Å². The molecule has 1 aromatic heterocycles. The van der Waals surface area contributed by atoms with Crippen molar-refractivity contribution in [2.45, 2.75) is 0 Å². The summed E-state index contributed by atoms with van der Waals surface area (Å²) >= 11 is 3.52. The minimum atomic E-state index is -0.0734. The molecule has 0 atom stereocenters. The third-order valence-corrected chi connectivity index (χ3v) is 3.35. The first-order chi connectivity index (χ1) is 7.75. The van der Waals surface area contributed by atoms with Crippen LogP contribution in [0.25, 0.3) is 21.7 Å². The number of aromatic amines is 1. The largest absolute Gasteiger partial charge is 0.321 e. The number of H-pyrrole nitrogens is 1. The molecule has 0 aliphatic heterocycles. The first-order valence-corrected chi connectivity index (χ1v) is 5.75. The van der Waals surface area contributed by atoms with E-state index in [9.17, 15) is 4.79 Å². The number of hydrogen-bond acceptors (Lipinski definition) is 1. The molecule has 0 saturated carbocycles. The van der Waals surface area contributed by atoms with E-state index >= 15 is 0 Å². The van der Waals surface area contributed by atoms with Crippen molar-refractivity contribution in [3.63, 3.8) is 0 Å². The lowest BCUT2D eigenvalue weighted by atomic mass is 10.1. The summed E-state index contributed by atoms with van der Waals surface area (Å²) in [4.78, 5) is 14.3. The third kappa shape index (κ3) is 1.36. The van der Waals surface area contributed by atoms with E-state index in [0.717, 1.165) is 26.1 Å². The Balaban J connectivity index is 2.66. The maximum Gasteiger partial charge on any atom is 0.248 e. The molecule has 1 N–H and O–H groups in total. The lowest BCUT2D eigenvalue weighted by molar-refractivity contribution is 1.32. The quantitative estimate of drug-likeness (QED) is 0.626. The summed E-state index contributed by atoms with van der Waals surface area (Å²) in [7, 11) is 0. The van der Waals surface area contributed by atoms with Crippen LogP contribution in [0.2, 0.25) is 0 Å². The van der Waals surface area contributed by atoms with Crippen LogP contribution in [0.4, 0.5) is 0 Å². The highest BCUT2D eigenvalue weighted by Gasteiger charge is 2.04. The topological polar surface area (TPSA) is 32.9 Å². The van der Waals surface area contributed by atoms with Crippen molar-refractivity contribution in [3.05, 3.63) is 57.3 Å². The number of pyridine rings is 1. The zero-order chi connectivity index (χ0) is 11.1. The molecule has 0 spiro atoms. The molecule has 0 amide bonds. The van der Waals surface area contributed by atoms with Crippen molar-refractivity contribution in [2.75, 3.05) is 0 Å². The molecule has 0 aliphatic rings. The van der Waals surface area contributed by atoms with E-state index in [0.29, 0.717) is 0 Å². The molecular formula is C13H8BrNO. The van der Waals surface area contributed by atoms with Crippen LogP contribution in [-0.2, 0) is 0 Å². The lowest BCUT2D eigenvalue weighted by Gasteiger charge is -2.04. The number of fused-ring (bicyclic) bond motifs is 3. The summed E-state index contributed by atoms with van der Waals surface area (Å²) in [6.07, 6.45) is 0. The summed E-state index contributed by atoms with van der Waals surface area (Å²) < 4.78 is 0.998. The lowest BCUT2D eigenvalue weighted by Crippen LogP contribution is -2.02. The van der Waals surface area contributed by atoms with Gasteiger partial charge in [0.05, 0.1) is 5.52 Å². The Morgan fingerprint density at radius 2 is 1.69 bits per heavy atom. The van der Waals surface area contributed by atoms with Gasteiger partial charge >= 0.3 is 0 Å². The van der Waals surface area contributed by atoms with Crippen LogP contribution in [0.5, 0.6) is 0 Å². The molecule has 0 bridgehead atoms. The number of rotatable bonds is 0. The molecule has 0 fully saturated rings. The molecule has 0 radical (unpaired) electrons. The Hall–Kier alpha value is -1.61. The van der Waals surface area contributed by atoms with Gasteiger partial charge in [-0.05, 0) is 22.9 Å². The third-order valence-electron chi connectivity index (χ3n) is 2.69. The number of aromatic nitrogens is 1. The summed E-state index contributed by atoms with van der Waals surface area (Å²) in [5.41, 5.74) is 0.813. The van der Waals surface area contributed by atoms with E-state index < -0.39 is 0 Å². The van der Waals surface area contributed by atoms with Gasteiger partial charge in [-0.25, -0.2) is 0 Å². The van der Waals surface area contributed by atoms with Gasteiger partial charge in [0.15, 0.2) is 0 Å². The van der Waals surface area contributed by atoms with Gasteiger partial charge in [0.2, 0.25) is 5.56 Å². The summed E-state index contributed by atoms with van der Waals surface area (Å²) in [6.45, 7) is 0. The van der Waals surface area contributed by atoms with Crippen molar-refractivity contribution >= 4 is 37.6 Å². The minimum Gasteiger partial charge on any atom is -0.321 e. The van der Waals surface area contributed by atoms with Crippen LogP contribution in [0.3, 0.4) is 0 Å². The van der Waals surface area contributed by atoms with Gasteiger partial charge in [-0.1, -0.05) is 40.2 Å². The highest BCUT2D eigenvalue weighted by molar-refractivity contribution is 9.10. The zero-order valence-electron chi connectivity index (χ0n) is 8.33. The van der Waals surface area contributed by atoms with E-state index in [2.05, 4.69) is 27.0 Å². The average Bonchev–Trinajstić information content (AvgIpc) is 2.28. The van der Waals surface area contributed by atoms with Crippen LogP contribution in [0.1, 0.15) is 0 Å². The van der Waals surface area contributed by atoms with E-state index in [4.69, 9.17) is 0 Å². The van der Waals surface area contributed by atoms with Gasteiger partial charge < -0.3 is 4.98 Å². The molecule has 2 aromatic carbocycles. The molecule has 3 aromatic rings. The van der Waals surface area contributed by atoms with Crippen molar-refractivity contribution in [1.29, 1.82) is 0 Å². The molecule has 2 nitrogen and oxygen atoms in total. The summed E-state index contributed by atoms with van der Waals surface area (Å²) in [5, 5.41) is 3.21. The Morgan fingerprint density at radius 1 is 0.938 bits per heavy atom. The van der Waals surface area contributed by atoms with Gasteiger partial charge in [-0.3, -0.25) is 4.79 Å². The predicted molar refractivity (Wildman–Crippen MR) is 69.8 cm³/mol. The second-order valence-corrected chi connectivity index (χ2v) is 4.54. The fourth-order valence-electron chi connectivity index (χ4n) is 1.95. The highest BCUT2D eigenvalue weighted by Crippen LogP contribution is 2.29. The van der Waals surface area contributed by atoms with Crippen LogP contribution < -0.4 is 5.56 Å². The monoisotopic (exact) mass is 273 g/mol. The molecule has 1 heterocycles. The molecule has 16 heavy (non-hydrogen) atoms. The maximum absolute atomic E-state index is 11.4. The van der Waals surface area contributed by atoms with E-state index in [1.54, 1.807) is 6.07 Å². The second kappa shape index (κ2) is 3.46. The minimum absolute atomic E-state index is 0.0734. The summed E-state index contributed by atoms with van der Waals surface area (Å²) in [5.74, 6) is 0. The van der Waals surface area contributed by atoms with Gasteiger partial charge in [0.1, 0.15) is 0 Å². The Kier molecular flexibility index (Phi) is 2.07. The second-order valence-electron chi connectivity index (χ2n) is 3.69. The van der Waals surface area contributed by atoms with Gasteiger partial charge in [0, 0.05) is 15.9 Å². The smallest absolute Gasteiger partial charge is 0.248 e. The molecule has 78 valence electrons. The zero-order valence-corrected chi connectivity index (χ0v) is 9.91. The van der Waals surface area contributed by atoms with Gasteiger partial charge in [0.25, 0.3) is 0 Å². The van der Waals surface area contributed by atoms with Crippen molar-refractivity contribution in [2.24, 2.45) is 0 Å². The van der Waals surface area contributed by atoms with E-state index in [-0.39, 0.29) is 5.56 Å². The predicted octanol–water partition coefficient (Wildman–Crippen LogP) is 3.44. The fraction of sp³-hybridized carbons (Fsp3) is 0. The Labute approximate surface area is 100 Å². The molecule has 0 saturated heterocycles. The maximum atomic E-state index is 11.4. The number of halogens is 1. The van der Waals surface area contributed by atoms with Gasteiger partial charge in [-0.2, -0.15) is 0 Å². The van der Waals surface area contributed by atoms with Gasteiger partial charge in [-0.15, -0.1) is 0 Å². The normalized spacial score (nSPS) is 11.1. The summed E-state index contributed by atoms with van der Waals surface area (Å²) in [6, 6.07) is 13.5. The number of benzene rings is 2. The highest BCUT2D eigenvalue weighted by atomic mass is 79.9. The molecule has 3 heteroatoms. The Bertz CT molecular complexity index is 746. The SMILES string of the molecule is O=c1ccc2ccc3cccc(Br)c3c2[nH]1. The van der Waals surface area contributed by atoms with E-state index in [1.807, 2.05) is 30.3 Å². The van der Waals surface area contributed by atoms with Crippen LogP contribution >= 0.6 is 15.9 Å². The number of nitrogens with one attached hydrogen (secondary N) is 1. The van der Waals surface area contributed by atoms with E-state index in [1.165, 1.54) is 0 Å². The van der Waals surface area contributed by atoms with Crippen LogP contribution in [-0.4, -0.2) is 4.98 Å². The molecule has 0 unspecified atom stereocenters. The first-order valence-electron chi connectivity index (χ1n) is 4.96. The first kappa shape index (κ1) is 9.60. The molecular weight excluding hydrogens is 266 g/mol. The standard InChI is InChI=1S/C13H8BrNO/c14-10-3-1-2-8-4-5-9-6-7-11(16)15-13(9)12(8)10/h1-7H,(H,15,16). The fourth-order valence-corrected chi connectivity index (χ4v) is 2.53. The van der Waals surface area contributed by atoms with Crippen LogP contribution in [0, 0.1) is 0 Å². The molecule has 3 rings (SSSR count). The van der Waals surface area contributed by atoms with Crippen LogP contribution in [0.15, 0.2) is 51.7 Å². The van der Waals surface area contributed by atoms with Crippen molar-refractivity contribution in [3.8, 4) is 0 Å². The van der Waals surface area contributed by atoms with Crippen molar-refractivity contribution in [1.82, 2.24) is 4.98 Å². The number of hydrogen-bond donors (Lipinski definition) is 1. The Morgan fingerprint density at radius 3 is 2.56 bits per heavy atom.